The van der Waals surface area contributed by atoms with Crippen molar-refractivity contribution in [2.24, 2.45) is 0 Å². The average molecular weight is 364 g/mol. The highest BCUT2D eigenvalue weighted by atomic mass is 19.1. The molecule has 3 aromatic rings. The van der Waals surface area contributed by atoms with E-state index >= 15 is 0 Å². The number of carbonyl (C=O) groups excluding carboxylic acids is 2. The van der Waals surface area contributed by atoms with E-state index in [1.165, 1.54) is 25.1 Å². The summed E-state index contributed by atoms with van der Waals surface area (Å²) in [5.41, 5.74) is 1.94. The van der Waals surface area contributed by atoms with E-state index in [1.807, 2.05) is 0 Å². The third-order valence-electron chi connectivity index (χ3n) is 3.74. The molecule has 0 saturated carbocycles. The third-order valence-corrected chi connectivity index (χ3v) is 3.74. The minimum atomic E-state index is -0.404. The molecule has 0 atom stereocenters. The largest absolute Gasteiger partial charge is 0.340 e. The first kappa shape index (κ1) is 18.2. The second-order valence-corrected chi connectivity index (χ2v) is 5.91. The minimum Gasteiger partial charge on any atom is -0.340 e. The minimum absolute atomic E-state index is 0.0455. The molecule has 2 N–H and O–H groups in total. The summed E-state index contributed by atoms with van der Waals surface area (Å²) >= 11 is 0. The van der Waals surface area contributed by atoms with Gasteiger partial charge in [0.1, 0.15) is 23.2 Å². The molecule has 0 fully saturated rings. The summed E-state index contributed by atoms with van der Waals surface area (Å²) in [6.07, 6.45) is 0. The lowest BCUT2D eigenvalue weighted by Gasteiger charge is -2.09. The Kier molecular flexibility index (Phi) is 5.21. The number of nitrogens with zero attached hydrogens (tertiary/aromatic N) is 2. The molecule has 0 bridgehead atoms. The van der Waals surface area contributed by atoms with Gasteiger partial charge >= 0.3 is 0 Å². The van der Waals surface area contributed by atoms with Gasteiger partial charge in [-0.2, -0.15) is 0 Å². The summed E-state index contributed by atoms with van der Waals surface area (Å²) in [6.45, 7) is 3.15. The van der Waals surface area contributed by atoms with E-state index in [0.29, 0.717) is 28.6 Å². The summed E-state index contributed by atoms with van der Waals surface area (Å²) in [5.74, 6) is 0.0506. The fourth-order valence-electron chi connectivity index (χ4n) is 2.41. The van der Waals surface area contributed by atoms with Crippen molar-refractivity contribution in [1.29, 1.82) is 0 Å². The monoisotopic (exact) mass is 364 g/mol. The van der Waals surface area contributed by atoms with E-state index in [9.17, 15) is 14.0 Å². The summed E-state index contributed by atoms with van der Waals surface area (Å²) in [6, 6.07) is 13.9. The lowest BCUT2D eigenvalue weighted by molar-refractivity contribution is 0.101. The second-order valence-electron chi connectivity index (χ2n) is 5.91. The molecule has 6 nitrogen and oxygen atoms in total. The van der Waals surface area contributed by atoms with E-state index in [1.54, 1.807) is 43.3 Å². The molecule has 0 aliphatic carbocycles. The summed E-state index contributed by atoms with van der Waals surface area (Å²) < 4.78 is 13.0. The third kappa shape index (κ3) is 4.72. The van der Waals surface area contributed by atoms with Crippen LogP contribution < -0.4 is 10.6 Å². The maximum Gasteiger partial charge on any atom is 0.274 e. The quantitative estimate of drug-likeness (QED) is 0.665. The van der Waals surface area contributed by atoms with Crippen LogP contribution in [0.2, 0.25) is 0 Å². The predicted molar refractivity (Wildman–Crippen MR) is 101 cm³/mol. The number of amides is 1. The molecule has 0 aliphatic rings. The van der Waals surface area contributed by atoms with Crippen molar-refractivity contribution in [3.05, 3.63) is 77.5 Å². The number of anilines is 3. The van der Waals surface area contributed by atoms with Crippen LogP contribution in [0.15, 0.2) is 54.6 Å². The van der Waals surface area contributed by atoms with Crippen molar-refractivity contribution in [2.75, 3.05) is 10.6 Å². The Balaban J connectivity index is 1.77. The van der Waals surface area contributed by atoms with Crippen LogP contribution in [0.25, 0.3) is 0 Å². The first-order valence-electron chi connectivity index (χ1n) is 8.21. The number of aryl methyl sites for hydroxylation is 1. The molecule has 136 valence electrons. The number of carbonyl (C=O) groups is 2. The molecule has 0 radical (unpaired) electrons. The summed E-state index contributed by atoms with van der Waals surface area (Å²) in [4.78, 5) is 32.2. The van der Waals surface area contributed by atoms with Gasteiger partial charge in [0.15, 0.2) is 5.78 Å². The summed E-state index contributed by atoms with van der Waals surface area (Å²) in [5, 5.41) is 5.75. The molecule has 1 heterocycles. The van der Waals surface area contributed by atoms with E-state index in [-0.39, 0.29) is 17.3 Å². The van der Waals surface area contributed by atoms with Crippen LogP contribution in [0.4, 0.5) is 21.6 Å². The summed E-state index contributed by atoms with van der Waals surface area (Å²) in [7, 11) is 0. The van der Waals surface area contributed by atoms with Crippen LogP contribution in [0, 0.1) is 12.7 Å². The van der Waals surface area contributed by atoms with Crippen molar-refractivity contribution in [1.82, 2.24) is 9.97 Å². The van der Waals surface area contributed by atoms with Crippen LogP contribution in [-0.2, 0) is 0 Å². The second kappa shape index (κ2) is 7.74. The van der Waals surface area contributed by atoms with E-state index in [0.717, 1.165) is 0 Å². The molecule has 0 spiro atoms. The van der Waals surface area contributed by atoms with Crippen molar-refractivity contribution >= 4 is 28.9 Å². The van der Waals surface area contributed by atoms with Crippen molar-refractivity contribution < 1.29 is 14.0 Å². The fourth-order valence-corrected chi connectivity index (χ4v) is 2.41. The number of benzene rings is 2. The van der Waals surface area contributed by atoms with Crippen molar-refractivity contribution in [2.45, 2.75) is 13.8 Å². The molecule has 7 heteroatoms. The Bertz CT molecular complexity index is 986. The van der Waals surface area contributed by atoms with Gasteiger partial charge in [0.25, 0.3) is 5.91 Å². The fraction of sp³-hybridized carbons (Fsp3) is 0.100. The van der Waals surface area contributed by atoms with Crippen LogP contribution in [0.1, 0.15) is 33.6 Å². The lowest BCUT2D eigenvalue weighted by Crippen LogP contribution is -2.15. The Hall–Kier alpha value is -3.61. The van der Waals surface area contributed by atoms with Gasteiger partial charge in [0.2, 0.25) is 0 Å². The molecule has 3 rings (SSSR count). The van der Waals surface area contributed by atoms with Crippen LogP contribution in [-0.4, -0.2) is 21.7 Å². The van der Waals surface area contributed by atoms with Gasteiger partial charge in [-0.25, -0.2) is 14.4 Å². The number of hydrogen-bond donors (Lipinski definition) is 2. The number of halogens is 1. The normalized spacial score (nSPS) is 10.3. The Labute approximate surface area is 155 Å². The van der Waals surface area contributed by atoms with Gasteiger partial charge in [-0.3, -0.25) is 9.59 Å². The van der Waals surface area contributed by atoms with Crippen LogP contribution in [0.3, 0.4) is 0 Å². The maximum absolute atomic E-state index is 13.0. The molecule has 2 aromatic carbocycles. The van der Waals surface area contributed by atoms with Gasteiger partial charge in [-0.15, -0.1) is 0 Å². The highest BCUT2D eigenvalue weighted by Gasteiger charge is 2.12. The van der Waals surface area contributed by atoms with Crippen LogP contribution >= 0.6 is 0 Å². The van der Waals surface area contributed by atoms with Gasteiger partial charge in [0, 0.05) is 23.0 Å². The molecule has 1 aromatic heterocycles. The van der Waals surface area contributed by atoms with Crippen molar-refractivity contribution in [3.63, 3.8) is 0 Å². The zero-order valence-electron chi connectivity index (χ0n) is 14.8. The highest BCUT2D eigenvalue weighted by Crippen LogP contribution is 2.17. The molecule has 27 heavy (non-hydrogen) atoms. The first-order valence-corrected chi connectivity index (χ1v) is 8.21. The number of hydrogen-bond acceptors (Lipinski definition) is 5. The van der Waals surface area contributed by atoms with Crippen molar-refractivity contribution in [3.8, 4) is 0 Å². The molecule has 0 saturated heterocycles. The number of nitrogens with one attached hydrogen (secondary N) is 2. The zero-order valence-corrected chi connectivity index (χ0v) is 14.8. The Morgan fingerprint density at radius 2 is 1.56 bits per heavy atom. The van der Waals surface area contributed by atoms with Gasteiger partial charge in [-0.1, -0.05) is 0 Å². The van der Waals surface area contributed by atoms with E-state index < -0.39 is 5.91 Å². The molecular formula is C20H17FN4O2. The molecule has 1 amide bonds. The predicted octanol–water partition coefficient (Wildman–Crippen LogP) is 4.12. The van der Waals surface area contributed by atoms with Gasteiger partial charge in [0.05, 0.1) is 0 Å². The maximum atomic E-state index is 13.0. The zero-order chi connectivity index (χ0) is 19.4. The topological polar surface area (TPSA) is 84.0 Å². The molecule has 0 aliphatic heterocycles. The molecular weight excluding hydrogens is 347 g/mol. The number of ketones is 1. The highest BCUT2D eigenvalue weighted by molar-refractivity contribution is 6.03. The molecule has 0 unspecified atom stereocenters. The van der Waals surface area contributed by atoms with E-state index in [2.05, 4.69) is 20.6 Å². The Morgan fingerprint density at radius 1 is 0.926 bits per heavy atom. The van der Waals surface area contributed by atoms with Crippen LogP contribution in [0.5, 0.6) is 0 Å². The standard InChI is InChI=1S/C20H17FN4O2/c1-12(26)14-3-7-17(8-4-14)25-20(27)18-11-19(23-13(2)22-18)24-16-9-5-15(21)6-10-16/h3-11H,1-2H3,(H,25,27)(H,22,23,24). The lowest BCUT2D eigenvalue weighted by atomic mass is 10.1. The average Bonchev–Trinajstić information content (AvgIpc) is 2.63. The van der Waals surface area contributed by atoms with Gasteiger partial charge in [-0.05, 0) is 62.4 Å². The number of rotatable bonds is 5. The Morgan fingerprint density at radius 3 is 2.19 bits per heavy atom. The smallest absolute Gasteiger partial charge is 0.274 e. The first-order chi connectivity index (χ1) is 12.9. The number of Topliss-reactive ketones (excluding diaryl/α,β-unsaturated/α-hetero) is 1. The SMILES string of the molecule is CC(=O)c1ccc(NC(=O)c2cc(Nc3ccc(F)cc3)nc(C)n2)cc1. The number of aromatic nitrogens is 2. The van der Waals surface area contributed by atoms with E-state index in [4.69, 9.17) is 0 Å². The van der Waals surface area contributed by atoms with Gasteiger partial charge < -0.3 is 10.6 Å².